The number of aromatic nitrogens is 5. The number of H-pyrrole nitrogens is 1. The highest BCUT2D eigenvalue weighted by atomic mass is 16.2. The number of benzene rings is 2. The Labute approximate surface area is 171 Å². The number of nitrogens with zero attached hydrogens (tertiary/aromatic N) is 4. The number of imidazole rings is 1. The van der Waals surface area contributed by atoms with Crippen LogP contribution in [0.15, 0.2) is 76.4 Å². The van der Waals surface area contributed by atoms with Crippen LogP contribution < -0.4 is 11.2 Å². The lowest BCUT2D eigenvalue weighted by Gasteiger charge is -2.11. The summed E-state index contributed by atoms with van der Waals surface area (Å²) >= 11 is 0. The molecule has 7 heteroatoms. The lowest BCUT2D eigenvalue weighted by molar-refractivity contribution is 0.579. The number of nitrogens with one attached hydrogen (secondary N) is 1. The van der Waals surface area contributed by atoms with Gasteiger partial charge in [0.15, 0.2) is 5.65 Å². The third-order valence-corrected chi connectivity index (χ3v) is 5.28. The van der Waals surface area contributed by atoms with E-state index in [2.05, 4.69) is 5.10 Å². The molecule has 0 aliphatic heterocycles. The van der Waals surface area contributed by atoms with Crippen LogP contribution in [0.2, 0.25) is 0 Å². The molecule has 0 fully saturated rings. The van der Waals surface area contributed by atoms with Gasteiger partial charge in [0.2, 0.25) is 0 Å². The summed E-state index contributed by atoms with van der Waals surface area (Å²) in [6.45, 7) is 2.69. The van der Waals surface area contributed by atoms with Crippen molar-refractivity contribution in [2.24, 2.45) is 0 Å². The molecule has 0 spiro atoms. The number of fused-ring (bicyclic) bond motifs is 3. The zero-order valence-corrected chi connectivity index (χ0v) is 16.6. The predicted octanol–water partition coefficient (Wildman–Crippen LogP) is 3.26. The van der Waals surface area contributed by atoms with E-state index in [9.17, 15) is 9.59 Å². The average molecular weight is 399 g/mol. The maximum Gasteiger partial charge on any atom is 0.332 e. The first-order valence-electron chi connectivity index (χ1n) is 10.0. The van der Waals surface area contributed by atoms with Crippen molar-refractivity contribution < 1.29 is 0 Å². The maximum atomic E-state index is 13.2. The highest BCUT2D eigenvalue weighted by Crippen LogP contribution is 2.22. The molecule has 0 aliphatic rings. The van der Waals surface area contributed by atoms with Crippen molar-refractivity contribution >= 4 is 16.7 Å². The molecule has 1 N–H and O–H groups in total. The maximum absolute atomic E-state index is 13.2. The number of rotatable bonds is 5. The predicted molar refractivity (Wildman–Crippen MR) is 117 cm³/mol. The zero-order valence-electron chi connectivity index (χ0n) is 16.6. The molecule has 0 radical (unpaired) electrons. The molecule has 5 rings (SSSR count). The lowest BCUT2D eigenvalue weighted by Crippen LogP contribution is -2.40. The number of hydrogen-bond donors (Lipinski definition) is 1. The fourth-order valence-electron chi connectivity index (χ4n) is 3.85. The summed E-state index contributed by atoms with van der Waals surface area (Å²) in [6.07, 6.45) is 2.54. The molecule has 0 atom stereocenters. The highest BCUT2D eigenvalue weighted by Gasteiger charge is 2.20. The normalized spacial score (nSPS) is 11.5. The molecule has 7 nitrogen and oxygen atoms in total. The van der Waals surface area contributed by atoms with Crippen molar-refractivity contribution in [2.75, 3.05) is 0 Å². The van der Waals surface area contributed by atoms with Crippen LogP contribution in [0.4, 0.5) is 0 Å². The summed E-state index contributed by atoms with van der Waals surface area (Å²) < 4.78 is 4.67. The summed E-state index contributed by atoms with van der Waals surface area (Å²) in [5.41, 5.74) is 3.12. The van der Waals surface area contributed by atoms with Gasteiger partial charge in [0.25, 0.3) is 5.56 Å². The van der Waals surface area contributed by atoms with Gasteiger partial charge in [-0.05, 0) is 12.0 Å². The van der Waals surface area contributed by atoms with Crippen molar-refractivity contribution in [2.45, 2.75) is 26.4 Å². The summed E-state index contributed by atoms with van der Waals surface area (Å²) in [5, 5.41) is 3.64. The Bertz CT molecular complexity index is 1460. The smallest absolute Gasteiger partial charge is 0.277 e. The van der Waals surface area contributed by atoms with Crippen LogP contribution in [-0.4, -0.2) is 23.7 Å². The molecule has 0 aliphatic carbocycles. The zero-order chi connectivity index (χ0) is 20.7. The fourth-order valence-corrected chi connectivity index (χ4v) is 3.85. The molecule has 0 amide bonds. The fraction of sp³-hybridized carbons (Fsp3) is 0.174. The van der Waals surface area contributed by atoms with Gasteiger partial charge in [-0.1, -0.05) is 67.6 Å². The van der Waals surface area contributed by atoms with Crippen molar-refractivity contribution in [3.05, 3.63) is 93.3 Å². The monoisotopic (exact) mass is 399 g/mol. The number of hydrogen-bond acceptors (Lipinski definition) is 3. The molecule has 5 aromatic rings. The highest BCUT2D eigenvalue weighted by molar-refractivity contribution is 5.90. The molecular weight excluding hydrogens is 378 g/mol. The van der Waals surface area contributed by atoms with E-state index < -0.39 is 0 Å². The van der Waals surface area contributed by atoms with E-state index in [4.69, 9.17) is 4.98 Å². The van der Waals surface area contributed by atoms with E-state index in [0.717, 1.165) is 16.8 Å². The van der Waals surface area contributed by atoms with Crippen LogP contribution in [0.3, 0.4) is 0 Å². The molecule has 0 saturated carbocycles. The molecule has 0 saturated heterocycles. The van der Waals surface area contributed by atoms with Crippen LogP contribution in [0.25, 0.3) is 27.9 Å². The van der Waals surface area contributed by atoms with E-state index in [1.807, 2.05) is 73.8 Å². The molecular formula is C23H21N5O2. The Morgan fingerprint density at radius 1 is 0.933 bits per heavy atom. The molecule has 2 aromatic carbocycles. The minimum Gasteiger partial charge on any atom is -0.277 e. The van der Waals surface area contributed by atoms with Gasteiger partial charge >= 0.3 is 5.69 Å². The molecule has 3 heterocycles. The first-order chi connectivity index (χ1) is 14.7. The third kappa shape index (κ3) is 2.86. The number of aromatic amines is 1. The van der Waals surface area contributed by atoms with Gasteiger partial charge in [-0.15, -0.1) is 0 Å². The van der Waals surface area contributed by atoms with Gasteiger partial charge in [0, 0.05) is 12.1 Å². The van der Waals surface area contributed by atoms with E-state index >= 15 is 0 Å². The molecule has 3 aromatic heterocycles. The summed E-state index contributed by atoms with van der Waals surface area (Å²) in [5.74, 6) is 0. The van der Waals surface area contributed by atoms with Gasteiger partial charge in [-0.2, -0.15) is 0 Å². The van der Waals surface area contributed by atoms with E-state index in [-0.39, 0.29) is 11.2 Å². The first-order valence-corrected chi connectivity index (χ1v) is 10.0. The van der Waals surface area contributed by atoms with Crippen molar-refractivity contribution in [1.82, 2.24) is 23.7 Å². The average Bonchev–Trinajstić information content (AvgIpc) is 3.34. The van der Waals surface area contributed by atoms with Crippen molar-refractivity contribution in [3.63, 3.8) is 0 Å². The minimum atomic E-state index is -0.314. The lowest BCUT2D eigenvalue weighted by atomic mass is 10.2. The third-order valence-electron chi connectivity index (χ3n) is 5.28. The van der Waals surface area contributed by atoms with Gasteiger partial charge in [0.1, 0.15) is 11.0 Å². The Morgan fingerprint density at radius 2 is 1.63 bits per heavy atom. The largest absolute Gasteiger partial charge is 0.332 e. The molecule has 0 bridgehead atoms. The molecule has 30 heavy (non-hydrogen) atoms. The van der Waals surface area contributed by atoms with Gasteiger partial charge < -0.3 is 0 Å². The van der Waals surface area contributed by atoms with Crippen molar-refractivity contribution in [1.29, 1.82) is 0 Å². The van der Waals surface area contributed by atoms with E-state index in [1.165, 1.54) is 4.57 Å². The minimum absolute atomic E-state index is 0.308. The Balaban J connectivity index is 1.79. The van der Waals surface area contributed by atoms with Gasteiger partial charge in [0.05, 0.1) is 18.4 Å². The second-order valence-electron chi connectivity index (χ2n) is 7.33. The first kappa shape index (κ1) is 18.2. The van der Waals surface area contributed by atoms with E-state index in [0.29, 0.717) is 36.2 Å². The van der Waals surface area contributed by atoms with Gasteiger partial charge in [-0.25, -0.2) is 14.3 Å². The SMILES string of the molecule is CCCn1c(=O)c2c([nH]n3cc(-c4ccccc4)nc23)n(Cc2ccccc2)c1=O. The summed E-state index contributed by atoms with van der Waals surface area (Å²) in [6, 6.07) is 19.6. The topological polar surface area (TPSA) is 77.1 Å². The Kier molecular flexibility index (Phi) is 4.35. The standard InChI is InChI=1S/C23H21N5O2/c1-2-13-26-22(29)19-20-24-18(17-11-7-4-8-12-17)15-28(20)25-21(19)27(23(26)30)14-16-9-5-3-6-10-16/h3-12,15,25H,2,13-14H2,1H3. The summed E-state index contributed by atoms with van der Waals surface area (Å²) in [7, 11) is 0. The van der Waals surface area contributed by atoms with Crippen LogP contribution in [0.5, 0.6) is 0 Å². The second kappa shape index (κ2) is 7.18. The summed E-state index contributed by atoms with van der Waals surface area (Å²) in [4.78, 5) is 31.1. The van der Waals surface area contributed by atoms with Crippen LogP contribution >= 0.6 is 0 Å². The van der Waals surface area contributed by atoms with Crippen molar-refractivity contribution in [3.8, 4) is 11.3 Å². The molecule has 150 valence electrons. The second-order valence-corrected chi connectivity index (χ2v) is 7.33. The molecule has 0 unspecified atom stereocenters. The quantitative estimate of drug-likeness (QED) is 0.493. The Morgan fingerprint density at radius 3 is 2.33 bits per heavy atom. The van der Waals surface area contributed by atoms with Crippen LogP contribution in [-0.2, 0) is 13.1 Å². The van der Waals surface area contributed by atoms with Gasteiger partial charge in [-0.3, -0.25) is 19.0 Å². The van der Waals surface area contributed by atoms with Crippen LogP contribution in [0.1, 0.15) is 18.9 Å². The Hall–Kier alpha value is -3.87. The van der Waals surface area contributed by atoms with E-state index in [1.54, 1.807) is 9.08 Å². The van der Waals surface area contributed by atoms with Crippen LogP contribution in [0, 0.1) is 0 Å².